The summed E-state index contributed by atoms with van der Waals surface area (Å²) in [6.07, 6.45) is 4.99. The third-order valence-electron chi connectivity index (χ3n) is 2.20. The van der Waals surface area contributed by atoms with Gasteiger partial charge in [-0.1, -0.05) is 29.1 Å². The van der Waals surface area contributed by atoms with E-state index >= 15 is 0 Å². The van der Waals surface area contributed by atoms with Crippen LogP contribution in [0.1, 0.15) is 0 Å². The van der Waals surface area contributed by atoms with E-state index in [-0.39, 0.29) is 5.02 Å². The first kappa shape index (κ1) is 16.7. The van der Waals surface area contributed by atoms with Gasteiger partial charge in [0.15, 0.2) is 5.82 Å². The molecule has 0 heterocycles. The lowest BCUT2D eigenvalue weighted by molar-refractivity contribution is -0.137. The number of aliphatic carboxylic acids is 1. The van der Waals surface area contributed by atoms with Crippen LogP contribution in [-0.2, 0) is 14.8 Å². The van der Waals surface area contributed by atoms with E-state index in [1.807, 2.05) is 5.92 Å². The zero-order valence-electron chi connectivity index (χ0n) is 9.81. The number of sulfonamides is 1. The normalized spacial score (nSPS) is 11.3. The fourth-order valence-corrected chi connectivity index (χ4v) is 3.35. The fourth-order valence-electron chi connectivity index (χ4n) is 1.33. The number of hydrogen-bond acceptors (Lipinski definition) is 3. The second-order valence-corrected chi connectivity index (χ2v) is 6.24. The molecule has 0 saturated heterocycles. The molecule has 0 aliphatic rings. The molecule has 0 aliphatic heterocycles. The van der Waals surface area contributed by atoms with Crippen molar-refractivity contribution < 1.29 is 22.7 Å². The number of nitrogens with zero attached hydrogens (tertiary/aromatic N) is 1. The van der Waals surface area contributed by atoms with Crippen molar-refractivity contribution in [1.82, 2.24) is 4.31 Å². The fraction of sp³-hybridized carbons (Fsp3) is 0.182. The second kappa shape index (κ2) is 6.41. The third kappa shape index (κ3) is 3.41. The molecule has 9 heteroatoms. The highest BCUT2D eigenvalue weighted by Crippen LogP contribution is 2.31. The van der Waals surface area contributed by atoms with Crippen LogP contribution in [0.5, 0.6) is 0 Å². The van der Waals surface area contributed by atoms with E-state index in [0.29, 0.717) is 4.31 Å². The predicted molar refractivity (Wildman–Crippen MR) is 71.6 cm³/mol. The molecule has 5 nitrogen and oxygen atoms in total. The average molecular weight is 340 g/mol. The van der Waals surface area contributed by atoms with Crippen molar-refractivity contribution in [2.45, 2.75) is 4.90 Å². The predicted octanol–water partition coefficient (Wildman–Crippen LogP) is 1.84. The van der Waals surface area contributed by atoms with E-state index in [1.54, 1.807) is 0 Å². The van der Waals surface area contributed by atoms with E-state index in [2.05, 4.69) is 0 Å². The molecule has 0 amide bonds. The van der Waals surface area contributed by atoms with Crippen LogP contribution in [0, 0.1) is 18.2 Å². The van der Waals surface area contributed by atoms with Crippen LogP contribution in [0.4, 0.5) is 4.39 Å². The van der Waals surface area contributed by atoms with Crippen LogP contribution in [-0.4, -0.2) is 36.9 Å². The van der Waals surface area contributed by atoms with Crippen molar-refractivity contribution in [1.29, 1.82) is 0 Å². The molecular weight excluding hydrogens is 332 g/mol. The number of carboxylic acids is 1. The van der Waals surface area contributed by atoms with Crippen LogP contribution in [0.2, 0.25) is 10.0 Å². The minimum absolute atomic E-state index is 0.351. The molecule has 0 aliphatic carbocycles. The number of carboxylic acid groups (broad SMARTS) is 1. The lowest BCUT2D eigenvalue weighted by Crippen LogP contribution is -2.36. The largest absolute Gasteiger partial charge is 0.480 e. The number of benzene rings is 1. The average Bonchev–Trinajstić information content (AvgIpc) is 2.34. The lowest BCUT2D eigenvalue weighted by Gasteiger charge is -2.18. The number of terminal acetylenes is 1. The number of halogens is 3. The summed E-state index contributed by atoms with van der Waals surface area (Å²) in [6.45, 7) is -1.36. The maximum atomic E-state index is 13.5. The van der Waals surface area contributed by atoms with Gasteiger partial charge in [0.2, 0.25) is 10.0 Å². The van der Waals surface area contributed by atoms with Gasteiger partial charge in [-0.2, -0.15) is 4.31 Å². The summed E-state index contributed by atoms with van der Waals surface area (Å²) in [6, 6.07) is 1.99. The highest BCUT2D eigenvalue weighted by molar-refractivity contribution is 7.89. The lowest BCUT2D eigenvalue weighted by atomic mass is 10.3. The van der Waals surface area contributed by atoms with E-state index < -0.39 is 44.8 Å². The molecule has 0 aromatic heterocycles. The van der Waals surface area contributed by atoms with E-state index in [1.165, 1.54) is 0 Å². The molecule has 0 spiro atoms. The Kier molecular flexibility index (Phi) is 5.36. The van der Waals surface area contributed by atoms with Crippen molar-refractivity contribution in [3.8, 4) is 12.3 Å². The Bertz CT molecular complexity index is 684. The van der Waals surface area contributed by atoms with Gasteiger partial charge in [-0.3, -0.25) is 4.79 Å². The van der Waals surface area contributed by atoms with E-state index in [0.717, 1.165) is 12.1 Å². The molecule has 20 heavy (non-hydrogen) atoms. The maximum absolute atomic E-state index is 13.5. The third-order valence-corrected chi connectivity index (χ3v) is 4.80. The van der Waals surface area contributed by atoms with Gasteiger partial charge in [0.25, 0.3) is 0 Å². The molecule has 1 N–H and O–H groups in total. The van der Waals surface area contributed by atoms with Gasteiger partial charge in [-0.15, -0.1) is 6.42 Å². The highest BCUT2D eigenvalue weighted by Gasteiger charge is 2.29. The Hall–Kier alpha value is -1.33. The van der Waals surface area contributed by atoms with Gasteiger partial charge in [0.05, 0.1) is 16.6 Å². The van der Waals surface area contributed by atoms with Crippen LogP contribution < -0.4 is 0 Å². The quantitative estimate of drug-likeness (QED) is 0.656. The van der Waals surface area contributed by atoms with Crippen LogP contribution in [0.15, 0.2) is 17.0 Å². The topological polar surface area (TPSA) is 74.7 Å². The van der Waals surface area contributed by atoms with Gasteiger partial charge in [0.1, 0.15) is 11.4 Å². The molecule has 0 atom stereocenters. The van der Waals surface area contributed by atoms with Crippen molar-refractivity contribution in [2.24, 2.45) is 0 Å². The van der Waals surface area contributed by atoms with Gasteiger partial charge in [-0.25, -0.2) is 12.8 Å². The van der Waals surface area contributed by atoms with Gasteiger partial charge < -0.3 is 5.11 Å². The molecule has 1 rings (SSSR count). The molecule has 108 valence electrons. The summed E-state index contributed by atoms with van der Waals surface area (Å²) in [5, 5.41) is 7.62. The Balaban J connectivity index is 3.38. The van der Waals surface area contributed by atoms with Gasteiger partial charge >= 0.3 is 5.97 Å². The monoisotopic (exact) mass is 339 g/mol. The number of hydrogen-bond donors (Lipinski definition) is 1. The zero-order valence-corrected chi connectivity index (χ0v) is 12.1. The highest BCUT2D eigenvalue weighted by atomic mass is 35.5. The molecule has 0 radical (unpaired) electrons. The second-order valence-electron chi connectivity index (χ2n) is 3.54. The molecule has 0 saturated carbocycles. The summed E-state index contributed by atoms with van der Waals surface area (Å²) in [4.78, 5) is 10.1. The molecule has 1 aromatic rings. The first-order valence-electron chi connectivity index (χ1n) is 5.00. The molecular formula is C11H8Cl2FNO4S. The van der Waals surface area contributed by atoms with Crippen molar-refractivity contribution in [3.05, 3.63) is 28.0 Å². The molecule has 0 unspecified atom stereocenters. The Labute approximate surface area is 125 Å². The van der Waals surface area contributed by atoms with Gasteiger partial charge in [0, 0.05) is 0 Å². The minimum Gasteiger partial charge on any atom is -0.480 e. The van der Waals surface area contributed by atoms with Crippen LogP contribution in [0.3, 0.4) is 0 Å². The Morgan fingerprint density at radius 1 is 1.45 bits per heavy atom. The molecule has 1 aromatic carbocycles. The summed E-state index contributed by atoms with van der Waals surface area (Å²) in [7, 11) is -4.35. The molecule has 0 bridgehead atoms. The maximum Gasteiger partial charge on any atom is 0.318 e. The Morgan fingerprint density at radius 2 is 2.05 bits per heavy atom. The Morgan fingerprint density at radius 3 is 2.55 bits per heavy atom. The summed E-state index contributed by atoms with van der Waals surface area (Å²) >= 11 is 11.1. The SMILES string of the molecule is C#CCN(CC(=O)O)S(=O)(=O)c1ccc(Cl)c(F)c1Cl. The van der Waals surface area contributed by atoms with E-state index in [4.69, 9.17) is 34.7 Å². The van der Waals surface area contributed by atoms with Crippen molar-refractivity contribution >= 4 is 39.2 Å². The summed E-state index contributed by atoms with van der Waals surface area (Å²) < 4.78 is 38.4. The zero-order chi connectivity index (χ0) is 15.5. The number of rotatable bonds is 5. The first-order chi connectivity index (χ1) is 9.21. The standard InChI is InChI=1S/C11H8Cl2FNO4S/c1-2-5-15(6-9(16)17)20(18,19)8-4-3-7(12)11(14)10(8)13/h1,3-4H,5-6H2,(H,16,17). The van der Waals surface area contributed by atoms with Crippen molar-refractivity contribution in [2.75, 3.05) is 13.1 Å². The van der Waals surface area contributed by atoms with Crippen molar-refractivity contribution in [3.63, 3.8) is 0 Å². The smallest absolute Gasteiger partial charge is 0.318 e. The van der Waals surface area contributed by atoms with Crippen LogP contribution in [0.25, 0.3) is 0 Å². The number of carbonyl (C=O) groups is 1. The minimum atomic E-state index is -4.35. The van der Waals surface area contributed by atoms with E-state index in [9.17, 15) is 17.6 Å². The molecule has 0 fully saturated rings. The first-order valence-corrected chi connectivity index (χ1v) is 7.20. The van der Waals surface area contributed by atoms with Crippen LogP contribution >= 0.6 is 23.2 Å². The van der Waals surface area contributed by atoms with Gasteiger partial charge in [-0.05, 0) is 12.1 Å². The summed E-state index contributed by atoms with van der Waals surface area (Å²) in [5.74, 6) is -0.499. The summed E-state index contributed by atoms with van der Waals surface area (Å²) in [5.41, 5.74) is 0.